The van der Waals surface area contributed by atoms with Crippen molar-refractivity contribution in [3.05, 3.63) is 35.4 Å². The van der Waals surface area contributed by atoms with E-state index in [1.54, 1.807) is 6.92 Å². The zero-order chi connectivity index (χ0) is 12.1. The number of hydrogen-bond donors (Lipinski definition) is 1. The van der Waals surface area contributed by atoms with E-state index in [9.17, 15) is 4.79 Å². The number of rotatable bonds is 5. The van der Waals surface area contributed by atoms with Gasteiger partial charge in [0.05, 0.1) is 5.92 Å². The molecule has 16 heavy (non-hydrogen) atoms. The van der Waals surface area contributed by atoms with Gasteiger partial charge < -0.3 is 5.11 Å². The molecule has 0 aliphatic rings. The molecule has 0 spiro atoms. The molecule has 88 valence electrons. The molecule has 1 rings (SSSR count). The Morgan fingerprint density at radius 1 is 1.19 bits per heavy atom. The quantitative estimate of drug-likeness (QED) is 0.827. The lowest BCUT2D eigenvalue weighted by Crippen LogP contribution is -2.12. The molecule has 0 radical (unpaired) electrons. The van der Waals surface area contributed by atoms with E-state index in [-0.39, 0.29) is 5.92 Å². The van der Waals surface area contributed by atoms with Crippen LogP contribution >= 0.6 is 0 Å². The fraction of sp³-hybridized carbons (Fsp3) is 0.500. The van der Waals surface area contributed by atoms with Gasteiger partial charge in [-0.2, -0.15) is 0 Å². The van der Waals surface area contributed by atoms with Gasteiger partial charge in [-0.05, 0) is 29.9 Å². The van der Waals surface area contributed by atoms with Gasteiger partial charge in [-0.15, -0.1) is 0 Å². The van der Waals surface area contributed by atoms with E-state index in [2.05, 4.69) is 26.0 Å². The number of benzene rings is 1. The SMILES string of the molecule is CC(C)Cc1cccc(CC(C)C(=O)O)c1. The van der Waals surface area contributed by atoms with E-state index in [0.29, 0.717) is 12.3 Å². The van der Waals surface area contributed by atoms with Crippen LogP contribution in [0, 0.1) is 11.8 Å². The number of carboxylic acids is 1. The maximum Gasteiger partial charge on any atom is 0.306 e. The van der Waals surface area contributed by atoms with Gasteiger partial charge in [-0.25, -0.2) is 0 Å². The van der Waals surface area contributed by atoms with Crippen molar-refractivity contribution in [3.8, 4) is 0 Å². The van der Waals surface area contributed by atoms with E-state index in [1.165, 1.54) is 5.56 Å². The smallest absolute Gasteiger partial charge is 0.306 e. The highest BCUT2D eigenvalue weighted by atomic mass is 16.4. The third-order valence-electron chi connectivity index (χ3n) is 2.60. The van der Waals surface area contributed by atoms with Crippen molar-refractivity contribution in [3.63, 3.8) is 0 Å². The van der Waals surface area contributed by atoms with Gasteiger partial charge in [0.25, 0.3) is 0 Å². The lowest BCUT2D eigenvalue weighted by molar-refractivity contribution is -0.141. The minimum atomic E-state index is -0.728. The Bertz CT molecular complexity index is 356. The molecule has 0 amide bonds. The van der Waals surface area contributed by atoms with Gasteiger partial charge in [0.2, 0.25) is 0 Å². The van der Waals surface area contributed by atoms with Crippen molar-refractivity contribution < 1.29 is 9.90 Å². The molecule has 0 aliphatic carbocycles. The Morgan fingerprint density at radius 3 is 2.25 bits per heavy atom. The molecular formula is C14H20O2. The lowest BCUT2D eigenvalue weighted by Gasteiger charge is -2.09. The van der Waals surface area contributed by atoms with Crippen molar-refractivity contribution >= 4 is 5.97 Å². The minimum Gasteiger partial charge on any atom is -0.481 e. The second kappa shape index (κ2) is 5.69. The molecule has 0 bridgehead atoms. The lowest BCUT2D eigenvalue weighted by atomic mass is 9.96. The summed E-state index contributed by atoms with van der Waals surface area (Å²) in [7, 11) is 0. The summed E-state index contributed by atoms with van der Waals surface area (Å²) in [6.07, 6.45) is 1.66. The molecule has 1 atom stereocenters. The maximum absolute atomic E-state index is 10.8. The average molecular weight is 220 g/mol. The number of carbonyl (C=O) groups is 1. The summed E-state index contributed by atoms with van der Waals surface area (Å²) in [6.45, 7) is 6.12. The van der Waals surface area contributed by atoms with Crippen LogP contribution in [0.3, 0.4) is 0 Å². The van der Waals surface area contributed by atoms with E-state index in [4.69, 9.17) is 5.11 Å². The maximum atomic E-state index is 10.8. The molecule has 0 fully saturated rings. The number of aliphatic carboxylic acids is 1. The molecule has 0 aromatic heterocycles. The van der Waals surface area contributed by atoms with Crippen LogP contribution in [0.25, 0.3) is 0 Å². The van der Waals surface area contributed by atoms with Gasteiger partial charge >= 0.3 is 5.97 Å². The van der Waals surface area contributed by atoms with E-state index in [1.807, 2.05) is 12.1 Å². The first-order chi connectivity index (χ1) is 7.49. The van der Waals surface area contributed by atoms with Crippen LogP contribution in [0.5, 0.6) is 0 Å². The fourth-order valence-electron chi connectivity index (χ4n) is 1.80. The Labute approximate surface area is 97.3 Å². The predicted molar refractivity (Wildman–Crippen MR) is 65.5 cm³/mol. The topological polar surface area (TPSA) is 37.3 Å². The molecule has 1 aromatic rings. The van der Waals surface area contributed by atoms with Crippen molar-refractivity contribution in [1.29, 1.82) is 0 Å². The van der Waals surface area contributed by atoms with Crippen molar-refractivity contribution in [1.82, 2.24) is 0 Å². The Kier molecular flexibility index (Phi) is 4.53. The van der Waals surface area contributed by atoms with Gasteiger partial charge in [0, 0.05) is 0 Å². The van der Waals surface area contributed by atoms with E-state index < -0.39 is 5.97 Å². The van der Waals surface area contributed by atoms with Crippen LogP contribution in [0.1, 0.15) is 31.9 Å². The zero-order valence-corrected chi connectivity index (χ0v) is 10.2. The Balaban J connectivity index is 2.70. The summed E-state index contributed by atoms with van der Waals surface area (Å²) < 4.78 is 0. The van der Waals surface area contributed by atoms with Crippen LogP contribution in [0.4, 0.5) is 0 Å². The van der Waals surface area contributed by atoms with Gasteiger partial charge in [-0.1, -0.05) is 45.0 Å². The van der Waals surface area contributed by atoms with Gasteiger partial charge in [0.15, 0.2) is 0 Å². The third-order valence-corrected chi connectivity index (χ3v) is 2.60. The Hall–Kier alpha value is -1.31. The highest BCUT2D eigenvalue weighted by Crippen LogP contribution is 2.14. The highest BCUT2D eigenvalue weighted by molar-refractivity contribution is 5.69. The molecule has 1 aromatic carbocycles. The summed E-state index contributed by atoms with van der Waals surface area (Å²) in [6, 6.07) is 8.25. The predicted octanol–water partition coefficient (Wildman–Crippen LogP) is 3.15. The average Bonchev–Trinajstić information content (AvgIpc) is 2.16. The van der Waals surface area contributed by atoms with Crippen LogP contribution in [-0.4, -0.2) is 11.1 Å². The molecule has 0 saturated heterocycles. The van der Waals surface area contributed by atoms with Crippen LogP contribution in [0.2, 0.25) is 0 Å². The first-order valence-electron chi connectivity index (χ1n) is 5.79. The van der Waals surface area contributed by atoms with Crippen molar-refractivity contribution in [2.45, 2.75) is 33.6 Å². The highest BCUT2D eigenvalue weighted by Gasteiger charge is 2.11. The fourth-order valence-corrected chi connectivity index (χ4v) is 1.80. The minimum absolute atomic E-state index is 0.311. The van der Waals surface area contributed by atoms with Gasteiger partial charge in [-0.3, -0.25) is 4.79 Å². The van der Waals surface area contributed by atoms with Crippen molar-refractivity contribution in [2.24, 2.45) is 11.8 Å². The third kappa shape index (κ3) is 4.05. The Morgan fingerprint density at radius 2 is 1.75 bits per heavy atom. The summed E-state index contributed by atoms with van der Waals surface area (Å²) >= 11 is 0. The monoisotopic (exact) mass is 220 g/mol. The first kappa shape index (κ1) is 12.8. The van der Waals surface area contributed by atoms with Crippen LogP contribution in [0.15, 0.2) is 24.3 Å². The van der Waals surface area contributed by atoms with E-state index >= 15 is 0 Å². The summed E-state index contributed by atoms with van der Waals surface area (Å²) in [5.41, 5.74) is 2.41. The standard InChI is InChI=1S/C14H20O2/c1-10(2)7-12-5-4-6-13(9-12)8-11(3)14(15)16/h4-6,9-11H,7-8H2,1-3H3,(H,15,16). The van der Waals surface area contributed by atoms with Crippen LogP contribution < -0.4 is 0 Å². The summed E-state index contributed by atoms with van der Waals surface area (Å²) in [4.78, 5) is 10.8. The number of hydrogen-bond acceptors (Lipinski definition) is 1. The molecule has 0 heterocycles. The molecule has 0 saturated carbocycles. The molecule has 0 aliphatic heterocycles. The van der Waals surface area contributed by atoms with Crippen molar-refractivity contribution in [2.75, 3.05) is 0 Å². The molecule has 2 heteroatoms. The largest absolute Gasteiger partial charge is 0.481 e. The molecular weight excluding hydrogens is 200 g/mol. The normalized spacial score (nSPS) is 12.8. The summed E-state index contributed by atoms with van der Waals surface area (Å²) in [5, 5.41) is 8.86. The molecule has 1 unspecified atom stereocenters. The first-order valence-corrected chi connectivity index (χ1v) is 5.79. The second-order valence-corrected chi connectivity index (χ2v) is 4.86. The van der Waals surface area contributed by atoms with Crippen LogP contribution in [-0.2, 0) is 17.6 Å². The van der Waals surface area contributed by atoms with E-state index in [0.717, 1.165) is 12.0 Å². The summed E-state index contributed by atoms with van der Waals surface area (Å²) in [5.74, 6) is -0.407. The zero-order valence-electron chi connectivity index (χ0n) is 10.2. The second-order valence-electron chi connectivity index (χ2n) is 4.86. The molecule has 1 N–H and O–H groups in total. The number of carboxylic acid groups (broad SMARTS) is 1. The molecule has 2 nitrogen and oxygen atoms in total. The van der Waals surface area contributed by atoms with Gasteiger partial charge in [0.1, 0.15) is 0 Å².